The number of hydrogen-bond acceptors (Lipinski definition) is 4. The number of halogens is 1. The van der Waals surface area contributed by atoms with Gasteiger partial charge in [-0.05, 0) is 49.7 Å². The van der Waals surface area contributed by atoms with Crippen LogP contribution in [-0.4, -0.2) is 23.0 Å². The van der Waals surface area contributed by atoms with E-state index in [9.17, 15) is 9.59 Å². The number of pyridine rings is 1. The van der Waals surface area contributed by atoms with Crippen molar-refractivity contribution in [3.63, 3.8) is 0 Å². The largest absolute Gasteiger partial charge is 0.449 e. The van der Waals surface area contributed by atoms with Crippen LogP contribution in [0.25, 0.3) is 10.9 Å². The van der Waals surface area contributed by atoms with E-state index in [0.717, 1.165) is 16.5 Å². The number of carbonyl (C=O) groups is 2. The lowest BCUT2D eigenvalue weighted by Gasteiger charge is -2.14. The Hall–Kier alpha value is -2.92. The van der Waals surface area contributed by atoms with Gasteiger partial charge in [0.1, 0.15) is 5.15 Å². The Labute approximate surface area is 162 Å². The molecule has 0 radical (unpaired) electrons. The number of amides is 1. The van der Waals surface area contributed by atoms with Gasteiger partial charge in [-0.3, -0.25) is 4.79 Å². The minimum atomic E-state index is -0.901. The first-order valence-corrected chi connectivity index (χ1v) is 8.91. The van der Waals surface area contributed by atoms with E-state index in [1.807, 2.05) is 31.2 Å². The SMILES string of the molecule is Cc1ccc(CNC(=O)C(C)OC(=O)c2ccc3nc(Cl)ccc3c2)cc1. The van der Waals surface area contributed by atoms with Gasteiger partial charge < -0.3 is 10.1 Å². The molecule has 0 saturated carbocycles. The zero-order chi connectivity index (χ0) is 19.4. The number of rotatable bonds is 5. The summed E-state index contributed by atoms with van der Waals surface area (Å²) >= 11 is 5.86. The smallest absolute Gasteiger partial charge is 0.338 e. The summed E-state index contributed by atoms with van der Waals surface area (Å²) < 4.78 is 5.28. The molecule has 1 atom stereocenters. The van der Waals surface area contributed by atoms with Crippen LogP contribution in [0, 0.1) is 6.92 Å². The van der Waals surface area contributed by atoms with Crippen LogP contribution in [0.15, 0.2) is 54.6 Å². The lowest BCUT2D eigenvalue weighted by atomic mass is 10.1. The number of nitrogens with zero attached hydrogens (tertiary/aromatic N) is 1. The molecule has 1 aromatic heterocycles. The van der Waals surface area contributed by atoms with Crippen LogP contribution in [0.2, 0.25) is 5.15 Å². The number of hydrogen-bond donors (Lipinski definition) is 1. The highest BCUT2D eigenvalue weighted by Gasteiger charge is 2.19. The van der Waals surface area contributed by atoms with Crippen molar-refractivity contribution in [1.82, 2.24) is 10.3 Å². The molecule has 3 aromatic rings. The van der Waals surface area contributed by atoms with E-state index < -0.39 is 12.1 Å². The van der Waals surface area contributed by atoms with Crippen LogP contribution < -0.4 is 5.32 Å². The van der Waals surface area contributed by atoms with Crippen LogP contribution in [-0.2, 0) is 16.1 Å². The van der Waals surface area contributed by atoms with E-state index in [2.05, 4.69) is 10.3 Å². The predicted molar refractivity (Wildman–Crippen MR) is 105 cm³/mol. The Bertz CT molecular complexity index is 986. The molecule has 1 N–H and O–H groups in total. The normalized spacial score (nSPS) is 11.8. The Morgan fingerprint density at radius 3 is 2.59 bits per heavy atom. The summed E-state index contributed by atoms with van der Waals surface area (Å²) in [6.45, 7) is 3.93. The quantitative estimate of drug-likeness (QED) is 0.533. The summed E-state index contributed by atoms with van der Waals surface area (Å²) in [7, 11) is 0. The number of esters is 1. The van der Waals surface area contributed by atoms with Gasteiger partial charge in [-0.1, -0.05) is 41.4 Å². The molecule has 1 unspecified atom stereocenters. The third-order valence-electron chi connectivity index (χ3n) is 4.13. The molecule has 0 aliphatic heterocycles. The molecule has 0 aliphatic carbocycles. The molecule has 1 amide bonds. The van der Waals surface area contributed by atoms with Gasteiger partial charge in [0.2, 0.25) is 0 Å². The van der Waals surface area contributed by atoms with Gasteiger partial charge in [0.05, 0.1) is 11.1 Å². The summed E-state index contributed by atoms with van der Waals surface area (Å²) in [6, 6.07) is 16.2. The third kappa shape index (κ3) is 4.83. The first-order chi connectivity index (χ1) is 12.9. The molecule has 0 saturated heterocycles. The number of carbonyl (C=O) groups excluding carboxylic acids is 2. The van der Waals surface area contributed by atoms with E-state index in [-0.39, 0.29) is 5.91 Å². The highest BCUT2D eigenvalue weighted by Crippen LogP contribution is 2.18. The van der Waals surface area contributed by atoms with Gasteiger partial charge in [-0.15, -0.1) is 0 Å². The van der Waals surface area contributed by atoms with Gasteiger partial charge >= 0.3 is 5.97 Å². The van der Waals surface area contributed by atoms with Gasteiger partial charge in [0.15, 0.2) is 6.10 Å². The fourth-order valence-corrected chi connectivity index (χ4v) is 2.70. The zero-order valence-corrected chi connectivity index (χ0v) is 15.8. The number of aromatic nitrogens is 1. The summed E-state index contributed by atoms with van der Waals surface area (Å²) in [6.07, 6.45) is -0.901. The minimum Gasteiger partial charge on any atom is -0.449 e. The molecule has 138 valence electrons. The number of benzene rings is 2. The molecule has 0 aliphatic rings. The fourth-order valence-electron chi connectivity index (χ4n) is 2.55. The Morgan fingerprint density at radius 2 is 1.85 bits per heavy atom. The molecule has 2 aromatic carbocycles. The maximum Gasteiger partial charge on any atom is 0.338 e. The third-order valence-corrected chi connectivity index (χ3v) is 4.34. The summed E-state index contributed by atoms with van der Waals surface area (Å²) in [5.41, 5.74) is 3.17. The van der Waals surface area contributed by atoms with E-state index in [4.69, 9.17) is 16.3 Å². The van der Waals surface area contributed by atoms with Gasteiger partial charge in [0.25, 0.3) is 5.91 Å². The molecule has 6 heteroatoms. The second-order valence-electron chi connectivity index (χ2n) is 6.29. The topological polar surface area (TPSA) is 68.3 Å². The molecule has 27 heavy (non-hydrogen) atoms. The van der Waals surface area contributed by atoms with Crippen LogP contribution in [0.4, 0.5) is 0 Å². The predicted octanol–water partition coefficient (Wildman–Crippen LogP) is 4.06. The average Bonchev–Trinajstić information content (AvgIpc) is 2.66. The van der Waals surface area contributed by atoms with Crippen molar-refractivity contribution in [1.29, 1.82) is 0 Å². The molecule has 5 nitrogen and oxygen atoms in total. The highest BCUT2D eigenvalue weighted by molar-refractivity contribution is 6.29. The minimum absolute atomic E-state index is 0.349. The van der Waals surface area contributed by atoms with Crippen molar-refractivity contribution in [3.8, 4) is 0 Å². The van der Waals surface area contributed by atoms with Crippen molar-refractivity contribution in [2.45, 2.75) is 26.5 Å². The monoisotopic (exact) mass is 382 g/mol. The van der Waals surface area contributed by atoms with E-state index in [1.165, 1.54) is 0 Å². The van der Waals surface area contributed by atoms with Crippen LogP contribution in [0.1, 0.15) is 28.4 Å². The van der Waals surface area contributed by atoms with Crippen molar-refractivity contribution < 1.29 is 14.3 Å². The summed E-state index contributed by atoms with van der Waals surface area (Å²) in [5, 5.41) is 3.92. The Kier molecular flexibility index (Phi) is 5.72. The molecule has 0 bridgehead atoms. The van der Waals surface area contributed by atoms with E-state index >= 15 is 0 Å². The average molecular weight is 383 g/mol. The molecule has 3 rings (SSSR count). The highest BCUT2D eigenvalue weighted by atomic mass is 35.5. The van der Waals surface area contributed by atoms with Crippen molar-refractivity contribution in [2.75, 3.05) is 0 Å². The molecule has 0 spiro atoms. The second-order valence-corrected chi connectivity index (χ2v) is 6.68. The van der Waals surface area contributed by atoms with Crippen LogP contribution in [0.5, 0.6) is 0 Å². The van der Waals surface area contributed by atoms with Gasteiger partial charge in [-0.25, -0.2) is 9.78 Å². The first-order valence-electron chi connectivity index (χ1n) is 8.53. The molecular weight excluding hydrogens is 364 g/mol. The van der Waals surface area contributed by atoms with E-state index in [1.54, 1.807) is 37.3 Å². The summed E-state index contributed by atoms with van der Waals surface area (Å²) in [4.78, 5) is 28.7. The van der Waals surface area contributed by atoms with Crippen molar-refractivity contribution in [2.24, 2.45) is 0 Å². The zero-order valence-electron chi connectivity index (χ0n) is 15.0. The van der Waals surface area contributed by atoms with E-state index in [0.29, 0.717) is 22.8 Å². The van der Waals surface area contributed by atoms with Crippen molar-refractivity contribution >= 4 is 34.4 Å². The number of nitrogens with one attached hydrogen (secondary N) is 1. The van der Waals surface area contributed by atoms with Crippen molar-refractivity contribution in [3.05, 3.63) is 76.4 Å². The second kappa shape index (κ2) is 8.18. The Balaban J connectivity index is 1.60. The molecule has 1 heterocycles. The number of fused-ring (bicyclic) bond motifs is 1. The van der Waals surface area contributed by atoms with Crippen LogP contribution in [0.3, 0.4) is 0 Å². The maximum absolute atomic E-state index is 12.3. The standard InChI is InChI=1S/C21H19ClN2O3/c1-13-3-5-15(6-4-13)12-23-20(25)14(2)27-21(26)17-7-9-18-16(11-17)8-10-19(22)24-18/h3-11,14H,12H2,1-2H3,(H,23,25). The number of ether oxygens (including phenoxy) is 1. The lowest BCUT2D eigenvalue weighted by molar-refractivity contribution is -0.129. The lowest BCUT2D eigenvalue weighted by Crippen LogP contribution is -2.35. The van der Waals surface area contributed by atoms with Gasteiger partial charge in [0, 0.05) is 11.9 Å². The summed E-state index contributed by atoms with van der Waals surface area (Å²) in [5.74, 6) is -0.914. The first kappa shape index (κ1) is 18.9. The maximum atomic E-state index is 12.3. The van der Waals surface area contributed by atoms with Crippen LogP contribution >= 0.6 is 11.6 Å². The molecular formula is C21H19ClN2O3. The fraction of sp³-hybridized carbons (Fsp3) is 0.190. The number of aryl methyl sites for hydroxylation is 1. The van der Waals surface area contributed by atoms with Gasteiger partial charge in [-0.2, -0.15) is 0 Å². The Morgan fingerprint density at radius 1 is 1.11 bits per heavy atom. The molecule has 0 fully saturated rings.